The third kappa shape index (κ3) is 3.76. The van der Waals surface area contributed by atoms with Crippen molar-refractivity contribution < 1.29 is 4.74 Å². The number of methoxy groups -OCH3 is 1. The van der Waals surface area contributed by atoms with Crippen LogP contribution >= 0.6 is 11.3 Å². The summed E-state index contributed by atoms with van der Waals surface area (Å²) in [7, 11) is 1.72. The van der Waals surface area contributed by atoms with Gasteiger partial charge >= 0.3 is 0 Å². The van der Waals surface area contributed by atoms with Crippen molar-refractivity contribution in [3.8, 4) is 16.3 Å². The van der Waals surface area contributed by atoms with Crippen molar-refractivity contribution in [3.63, 3.8) is 0 Å². The second-order valence-corrected chi connectivity index (χ2v) is 10.7. The minimum absolute atomic E-state index is 0.719. The van der Waals surface area contributed by atoms with Gasteiger partial charge in [0.15, 0.2) is 0 Å². The molecule has 0 N–H and O–H groups in total. The molecule has 5 aromatic carbocycles. The molecule has 0 spiro atoms. The molecule has 0 aliphatic heterocycles. The standard InChI is InChI=1S/C35H26N2OS/c1-38-29-21-22-30-31(24-29)37(36-34(30)33-23-25-13-11-12-20-32(25)39-33)35(26-14-5-2-6-15-26,27-16-7-3-8-17-27)28-18-9-4-10-19-28/h2-24H,1H3. The lowest BCUT2D eigenvalue weighted by molar-refractivity contribution is 0.414. The lowest BCUT2D eigenvalue weighted by Crippen LogP contribution is -2.38. The van der Waals surface area contributed by atoms with Crippen LogP contribution in [0.5, 0.6) is 5.75 Å². The number of hydrogen-bond donors (Lipinski definition) is 0. The molecule has 0 aliphatic carbocycles. The van der Waals surface area contributed by atoms with Gasteiger partial charge in [0.25, 0.3) is 0 Å². The van der Waals surface area contributed by atoms with Crippen molar-refractivity contribution >= 4 is 32.3 Å². The predicted octanol–water partition coefficient (Wildman–Crippen LogP) is 8.77. The first kappa shape index (κ1) is 23.4. The number of aromatic nitrogens is 2. The second-order valence-electron chi connectivity index (χ2n) is 9.60. The fourth-order valence-electron chi connectivity index (χ4n) is 5.66. The molecular weight excluding hydrogens is 496 g/mol. The average molecular weight is 523 g/mol. The van der Waals surface area contributed by atoms with E-state index in [0.717, 1.165) is 43.9 Å². The van der Waals surface area contributed by atoms with Crippen molar-refractivity contribution in [1.29, 1.82) is 0 Å². The highest BCUT2D eigenvalue weighted by atomic mass is 32.1. The third-order valence-corrected chi connectivity index (χ3v) is 8.56. The minimum Gasteiger partial charge on any atom is -0.497 e. The molecule has 0 unspecified atom stereocenters. The maximum atomic E-state index is 5.73. The van der Waals surface area contributed by atoms with Crippen LogP contribution < -0.4 is 4.74 Å². The zero-order valence-corrected chi connectivity index (χ0v) is 22.3. The Bertz CT molecular complexity index is 1760. The Labute approximate surface area is 231 Å². The molecule has 0 saturated heterocycles. The second kappa shape index (κ2) is 9.57. The zero-order valence-electron chi connectivity index (χ0n) is 21.5. The number of benzene rings is 5. The van der Waals surface area contributed by atoms with Gasteiger partial charge in [0.05, 0.1) is 17.5 Å². The number of rotatable bonds is 6. The van der Waals surface area contributed by atoms with Crippen LogP contribution in [0.2, 0.25) is 0 Å². The minimum atomic E-state index is -0.719. The van der Waals surface area contributed by atoms with Crippen LogP contribution in [0.4, 0.5) is 0 Å². The van der Waals surface area contributed by atoms with E-state index in [1.54, 1.807) is 18.4 Å². The molecule has 0 amide bonds. The fraction of sp³-hybridized carbons (Fsp3) is 0.0571. The number of ether oxygens (including phenoxy) is 1. The molecular formula is C35H26N2OS. The van der Waals surface area contributed by atoms with Gasteiger partial charge < -0.3 is 4.74 Å². The predicted molar refractivity (Wildman–Crippen MR) is 162 cm³/mol. The van der Waals surface area contributed by atoms with Gasteiger partial charge in [-0.25, -0.2) is 4.68 Å². The molecule has 0 fully saturated rings. The Morgan fingerprint density at radius 1 is 0.641 bits per heavy atom. The normalized spacial score (nSPS) is 11.7. The van der Waals surface area contributed by atoms with E-state index in [4.69, 9.17) is 9.84 Å². The van der Waals surface area contributed by atoms with E-state index >= 15 is 0 Å². The molecule has 7 aromatic rings. The summed E-state index contributed by atoms with van der Waals surface area (Å²) >= 11 is 1.78. The molecule has 2 aromatic heterocycles. The summed E-state index contributed by atoms with van der Waals surface area (Å²) in [5, 5.41) is 7.83. The van der Waals surface area contributed by atoms with Gasteiger partial charge in [0, 0.05) is 16.2 Å². The highest BCUT2D eigenvalue weighted by Crippen LogP contribution is 2.45. The van der Waals surface area contributed by atoms with Crippen molar-refractivity contribution in [1.82, 2.24) is 9.78 Å². The van der Waals surface area contributed by atoms with Gasteiger partial charge in [-0.1, -0.05) is 109 Å². The van der Waals surface area contributed by atoms with Crippen LogP contribution in [0.25, 0.3) is 31.6 Å². The summed E-state index contributed by atoms with van der Waals surface area (Å²) < 4.78 is 9.20. The smallest absolute Gasteiger partial charge is 0.138 e. The van der Waals surface area contributed by atoms with Crippen molar-refractivity contribution in [2.24, 2.45) is 0 Å². The summed E-state index contributed by atoms with van der Waals surface area (Å²) in [6.07, 6.45) is 0. The number of thiophene rings is 1. The third-order valence-electron chi connectivity index (χ3n) is 7.44. The van der Waals surface area contributed by atoms with Gasteiger partial charge in [0.2, 0.25) is 0 Å². The van der Waals surface area contributed by atoms with E-state index < -0.39 is 5.54 Å². The molecule has 4 heteroatoms. The van der Waals surface area contributed by atoms with Gasteiger partial charge in [-0.15, -0.1) is 11.3 Å². The van der Waals surface area contributed by atoms with Crippen LogP contribution in [0.15, 0.2) is 140 Å². The molecule has 39 heavy (non-hydrogen) atoms. The zero-order chi connectivity index (χ0) is 26.2. The topological polar surface area (TPSA) is 27.1 Å². The molecule has 7 rings (SSSR count). The van der Waals surface area contributed by atoms with E-state index in [9.17, 15) is 0 Å². The van der Waals surface area contributed by atoms with Crippen molar-refractivity contribution in [2.45, 2.75) is 5.54 Å². The van der Waals surface area contributed by atoms with Crippen LogP contribution in [0.3, 0.4) is 0 Å². The van der Waals surface area contributed by atoms with Crippen molar-refractivity contribution in [3.05, 3.63) is 156 Å². The molecule has 0 saturated carbocycles. The lowest BCUT2D eigenvalue weighted by Gasteiger charge is -2.37. The SMILES string of the molecule is COc1ccc2c(-c3cc4ccccc4s3)nn(C(c3ccccc3)(c3ccccc3)c3ccccc3)c2c1. The molecule has 188 valence electrons. The van der Waals surface area contributed by atoms with Crippen LogP contribution in [0, 0.1) is 0 Å². The summed E-state index contributed by atoms with van der Waals surface area (Å²) in [4.78, 5) is 1.15. The highest BCUT2D eigenvalue weighted by molar-refractivity contribution is 7.22. The largest absolute Gasteiger partial charge is 0.497 e. The molecule has 3 nitrogen and oxygen atoms in total. The van der Waals surface area contributed by atoms with Crippen LogP contribution in [-0.2, 0) is 5.54 Å². The first-order valence-electron chi connectivity index (χ1n) is 13.0. The summed E-state index contributed by atoms with van der Waals surface area (Å²) in [6, 6.07) is 49.1. The first-order chi connectivity index (χ1) is 19.3. The summed E-state index contributed by atoms with van der Waals surface area (Å²) in [5.74, 6) is 0.801. The fourth-order valence-corrected chi connectivity index (χ4v) is 6.72. The Kier molecular flexibility index (Phi) is 5.75. The van der Waals surface area contributed by atoms with E-state index in [1.807, 2.05) is 6.07 Å². The van der Waals surface area contributed by atoms with Crippen molar-refractivity contribution in [2.75, 3.05) is 7.11 Å². The maximum absolute atomic E-state index is 5.73. The highest BCUT2D eigenvalue weighted by Gasteiger charge is 2.41. The molecule has 0 atom stereocenters. The maximum Gasteiger partial charge on any atom is 0.138 e. The average Bonchev–Trinajstić information content (AvgIpc) is 3.61. The van der Waals surface area contributed by atoms with E-state index in [-0.39, 0.29) is 0 Å². The number of fused-ring (bicyclic) bond motifs is 2. The molecule has 2 heterocycles. The summed E-state index contributed by atoms with van der Waals surface area (Å²) in [6.45, 7) is 0. The molecule has 0 radical (unpaired) electrons. The van der Waals surface area contributed by atoms with E-state index in [1.165, 1.54) is 10.1 Å². The lowest BCUT2D eigenvalue weighted by atomic mass is 9.77. The quantitative estimate of drug-likeness (QED) is 0.204. The monoisotopic (exact) mass is 522 g/mol. The van der Waals surface area contributed by atoms with Gasteiger partial charge in [-0.2, -0.15) is 5.10 Å². The van der Waals surface area contributed by atoms with Crippen LogP contribution in [-0.4, -0.2) is 16.9 Å². The Hall–Kier alpha value is -4.67. The van der Waals surface area contributed by atoms with Gasteiger partial charge in [-0.05, 0) is 46.3 Å². The Morgan fingerprint density at radius 3 is 1.77 bits per heavy atom. The molecule has 0 aliphatic rings. The number of nitrogens with zero attached hydrogens (tertiary/aromatic N) is 2. The van der Waals surface area contributed by atoms with E-state index in [0.29, 0.717) is 0 Å². The van der Waals surface area contributed by atoms with Gasteiger partial charge in [-0.3, -0.25) is 0 Å². The Morgan fingerprint density at radius 2 is 1.21 bits per heavy atom. The van der Waals surface area contributed by atoms with Gasteiger partial charge in [0.1, 0.15) is 17.0 Å². The number of hydrogen-bond acceptors (Lipinski definition) is 3. The van der Waals surface area contributed by atoms with Crippen LogP contribution in [0.1, 0.15) is 16.7 Å². The summed E-state index contributed by atoms with van der Waals surface area (Å²) in [5.41, 5.74) is 4.68. The molecule has 0 bridgehead atoms. The van der Waals surface area contributed by atoms with E-state index in [2.05, 4.69) is 138 Å². The Balaban J connectivity index is 1.64. The first-order valence-corrected chi connectivity index (χ1v) is 13.8.